The third-order valence-corrected chi connectivity index (χ3v) is 4.64. The van der Waals surface area contributed by atoms with Gasteiger partial charge in [-0.2, -0.15) is 0 Å². The highest BCUT2D eigenvalue weighted by Crippen LogP contribution is 2.15. The summed E-state index contributed by atoms with van der Waals surface area (Å²) in [6, 6.07) is -0.379. The van der Waals surface area contributed by atoms with Crippen molar-refractivity contribution in [3.8, 4) is 0 Å². The minimum Gasteiger partial charge on any atom is -0.481 e. The van der Waals surface area contributed by atoms with Crippen LogP contribution in [0.2, 0.25) is 0 Å². The molecule has 1 rings (SSSR count). The van der Waals surface area contributed by atoms with Crippen molar-refractivity contribution >= 4 is 17.9 Å². The fraction of sp³-hybridized carbons (Fsp3) is 0.842. The summed E-state index contributed by atoms with van der Waals surface area (Å²) in [4.78, 5) is 39.4. The van der Waals surface area contributed by atoms with E-state index in [4.69, 9.17) is 0 Å². The Bertz CT molecular complexity index is 551. The monoisotopic (exact) mass is 416 g/mol. The molecule has 0 radical (unpaired) electrons. The van der Waals surface area contributed by atoms with Gasteiger partial charge in [-0.1, -0.05) is 20.8 Å². The van der Waals surface area contributed by atoms with Gasteiger partial charge in [-0.05, 0) is 5.41 Å². The minimum absolute atomic E-state index is 0.0768. The summed E-state index contributed by atoms with van der Waals surface area (Å²) in [5, 5.41) is 30.9. The molecule has 10 nitrogen and oxygen atoms in total. The first-order valence-corrected chi connectivity index (χ1v) is 10.0. The number of hydrogen-bond acceptors (Lipinski definition) is 7. The summed E-state index contributed by atoms with van der Waals surface area (Å²) in [7, 11) is 0. The summed E-state index contributed by atoms with van der Waals surface area (Å²) < 4.78 is 0. The number of hydrogen-bond donors (Lipinski definition) is 4. The summed E-state index contributed by atoms with van der Waals surface area (Å²) >= 11 is 0. The maximum Gasteiger partial charge on any atom is 0.317 e. The van der Waals surface area contributed by atoms with Gasteiger partial charge in [0.1, 0.15) is 0 Å². The van der Waals surface area contributed by atoms with Gasteiger partial charge in [0.05, 0.1) is 19.5 Å². The van der Waals surface area contributed by atoms with Crippen LogP contribution < -0.4 is 5.32 Å². The zero-order valence-electron chi connectivity index (χ0n) is 17.8. The Hall–Kier alpha value is -1.75. The van der Waals surface area contributed by atoms with E-state index in [9.17, 15) is 29.7 Å². The van der Waals surface area contributed by atoms with Crippen LogP contribution in [0.3, 0.4) is 0 Å². The van der Waals surface area contributed by atoms with Crippen molar-refractivity contribution in [1.82, 2.24) is 20.0 Å². The average molecular weight is 417 g/mol. The largest absolute Gasteiger partial charge is 0.481 e. The van der Waals surface area contributed by atoms with E-state index in [1.807, 2.05) is 4.90 Å². The fourth-order valence-corrected chi connectivity index (χ4v) is 3.54. The number of carboxylic acid groups (broad SMARTS) is 3. The number of nitrogens with one attached hydrogen (secondary N) is 1. The standard InChI is InChI=1S/C19H36N4O6/c1-19(2,3)14-22-5-4-20-15(10-16(24)25)11-23(13-18(28)29)9-7-21(6-8-22)12-17(26)27/h15,20H,4-14H2,1-3H3,(H,24,25)(H,26,27)(H,28,29). The van der Waals surface area contributed by atoms with Gasteiger partial charge >= 0.3 is 17.9 Å². The molecule has 1 unspecified atom stereocenters. The Morgan fingerprint density at radius 2 is 1.34 bits per heavy atom. The summed E-state index contributed by atoms with van der Waals surface area (Å²) in [5.74, 6) is -2.86. The van der Waals surface area contributed by atoms with Crippen LogP contribution >= 0.6 is 0 Å². The normalized spacial score (nSPS) is 21.8. The van der Waals surface area contributed by atoms with Gasteiger partial charge in [0.25, 0.3) is 0 Å². The van der Waals surface area contributed by atoms with Gasteiger partial charge in [0.2, 0.25) is 0 Å². The molecule has 0 bridgehead atoms. The predicted octanol–water partition coefficient (Wildman–Crippen LogP) is -0.446. The van der Waals surface area contributed by atoms with E-state index in [2.05, 4.69) is 31.0 Å². The molecule has 1 aliphatic heterocycles. The number of nitrogens with zero attached hydrogens (tertiary/aromatic N) is 3. The van der Waals surface area contributed by atoms with Crippen molar-refractivity contribution in [2.45, 2.75) is 33.2 Å². The average Bonchev–Trinajstić information content (AvgIpc) is 2.52. The zero-order chi connectivity index (χ0) is 22.0. The molecular formula is C19H36N4O6. The Balaban J connectivity index is 2.95. The van der Waals surface area contributed by atoms with E-state index < -0.39 is 17.9 Å². The lowest BCUT2D eigenvalue weighted by Gasteiger charge is -2.35. The molecule has 0 aromatic heterocycles. The first kappa shape index (κ1) is 25.3. The highest BCUT2D eigenvalue weighted by atomic mass is 16.4. The summed E-state index contributed by atoms with van der Waals surface area (Å²) in [5.41, 5.74) is 0.0768. The van der Waals surface area contributed by atoms with E-state index >= 15 is 0 Å². The van der Waals surface area contributed by atoms with Crippen LogP contribution in [-0.4, -0.2) is 119 Å². The van der Waals surface area contributed by atoms with Gasteiger partial charge in [-0.25, -0.2) is 0 Å². The van der Waals surface area contributed by atoms with Crippen LogP contribution in [-0.2, 0) is 14.4 Å². The van der Waals surface area contributed by atoms with E-state index in [0.717, 1.165) is 6.54 Å². The van der Waals surface area contributed by atoms with Crippen LogP contribution in [0.5, 0.6) is 0 Å². The van der Waals surface area contributed by atoms with Gasteiger partial charge in [-0.15, -0.1) is 0 Å². The Morgan fingerprint density at radius 3 is 1.86 bits per heavy atom. The molecule has 168 valence electrons. The van der Waals surface area contributed by atoms with Crippen molar-refractivity contribution in [1.29, 1.82) is 0 Å². The Kier molecular flexibility index (Phi) is 10.5. The highest BCUT2D eigenvalue weighted by molar-refractivity contribution is 5.69. The molecule has 0 saturated carbocycles. The van der Waals surface area contributed by atoms with Crippen LogP contribution in [0.1, 0.15) is 27.2 Å². The lowest BCUT2D eigenvalue weighted by Crippen LogP contribution is -2.51. The first-order chi connectivity index (χ1) is 13.4. The van der Waals surface area contributed by atoms with Gasteiger partial charge in [0, 0.05) is 58.4 Å². The predicted molar refractivity (Wildman–Crippen MR) is 108 cm³/mol. The van der Waals surface area contributed by atoms with Crippen LogP contribution in [0.25, 0.3) is 0 Å². The van der Waals surface area contributed by atoms with E-state index in [0.29, 0.717) is 39.3 Å². The molecule has 0 amide bonds. The maximum atomic E-state index is 11.2. The maximum absolute atomic E-state index is 11.2. The lowest BCUT2D eigenvalue weighted by molar-refractivity contribution is -0.140. The number of carbonyl (C=O) groups is 3. The van der Waals surface area contributed by atoms with Crippen molar-refractivity contribution in [2.24, 2.45) is 5.41 Å². The third-order valence-electron chi connectivity index (χ3n) is 4.64. The van der Waals surface area contributed by atoms with E-state index in [-0.39, 0.29) is 37.5 Å². The number of carboxylic acids is 3. The molecule has 1 saturated heterocycles. The molecule has 0 aromatic rings. The van der Waals surface area contributed by atoms with Crippen molar-refractivity contribution < 1.29 is 29.7 Å². The molecule has 10 heteroatoms. The molecule has 0 spiro atoms. The van der Waals surface area contributed by atoms with Crippen LogP contribution in [0, 0.1) is 5.41 Å². The number of aliphatic carboxylic acids is 3. The zero-order valence-corrected chi connectivity index (χ0v) is 17.8. The fourth-order valence-electron chi connectivity index (χ4n) is 3.54. The molecule has 1 fully saturated rings. The van der Waals surface area contributed by atoms with Crippen LogP contribution in [0.15, 0.2) is 0 Å². The molecular weight excluding hydrogens is 380 g/mol. The van der Waals surface area contributed by atoms with Crippen molar-refractivity contribution in [2.75, 3.05) is 65.4 Å². The molecule has 1 heterocycles. The van der Waals surface area contributed by atoms with Gasteiger partial charge < -0.3 is 25.5 Å². The van der Waals surface area contributed by atoms with Crippen LogP contribution in [0.4, 0.5) is 0 Å². The second-order valence-electron chi connectivity index (χ2n) is 8.88. The first-order valence-electron chi connectivity index (χ1n) is 10.0. The summed E-state index contributed by atoms with van der Waals surface area (Å²) in [6.07, 6.45) is -0.103. The third kappa shape index (κ3) is 12.4. The Morgan fingerprint density at radius 1 is 0.828 bits per heavy atom. The Labute approximate surface area is 172 Å². The molecule has 0 aromatic carbocycles. The SMILES string of the molecule is CC(C)(C)CN1CCNC(CC(=O)O)CN(CC(=O)O)CCN(CC(=O)O)CC1. The van der Waals surface area contributed by atoms with Crippen molar-refractivity contribution in [3.63, 3.8) is 0 Å². The molecule has 1 atom stereocenters. The second-order valence-corrected chi connectivity index (χ2v) is 8.88. The molecule has 0 aliphatic carbocycles. The van der Waals surface area contributed by atoms with Crippen molar-refractivity contribution in [3.05, 3.63) is 0 Å². The molecule has 1 aliphatic rings. The van der Waals surface area contributed by atoms with E-state index in [1.165, 1.54) is 0 Å². The van der Waals surface area contributed by atoms with Gasteiger partial charge in [0.15, 0.2) is 0 Å². The lowest BCUT2D eigenvalue weighted by atomic mass is 9.96. The van der Waals surface area contributed by atoms with Gasteiger partial charge in [-0.3, -0.25) is 24.2 Å². The molecule has 4 N–H and O–H groups in total. The number of rotatable bonds is 7. The highest BCUT2D eigenvalue weighted by Gasteiger charge is 2.23. The minimum atomic E-state index is -0.993. The topological polar surface area (TPSA) is 134 Å². The second kappa shape index (κ2) is 12.1. The quantitative estimate of drug-likeness (QED) is 0.432. The molecule has 29 heavy (non-hydrogen) atoms. The smallest absolute Gasteiger partial charge is 0.317 e. The summed E-state index contributed by atoms with van der Waals surface area (Å²) in [6.45, 7) is 10.5. The van der Waals surface area contributed by atoms with E-state index in [1.54, 1.807) is 4.90 Å².